The normalized spacial score (nSPS) is 23.1. The fraction of sp³-hybridized carbons (Fsp3) is 0.543. The molecular formula is C35H37F3N8O3S. The van der Waals surface area contributed by atoms with Crippen LogP contribution in [0.3, 0.4) is 0 Å². The highest BCUT2D eigenvalue weighted by molar-refractivity contribution is 7.23. The summed E-state index contributed by atoms with van der Waals surface area (Å²) in [6.45, 7) is 4.73. The van der Waals surface area contributed by atoms with Crippen LogP contribution in [0.15, 0.2) is 6.20 Å². The quantitative estimate of drug-likeness (QED) is 0.241. The second-order valence-electron chi connectivity index (χ2n) is 14.5. The first-order valence-electron chi connectivity index (χ1n) is 17.3. The molecule has 4 aliphatic heterocycles. The molecule has 3 aromatic heterocycles. The van der Waals surface area contributed by atoms with Gasteiger partial charge in [-0.15, -0.1) is 11.3 Å². The molecule has 262 valence electrons. The Morgan fingerprint density at radius 1 is 1.08 bits per heavy atom. The number of anilines is 2. The Kier molecular flexibility index (Phi) is 7.81. The number of aliphatic hydroxyl groups excluding tert-OH is 1. The van der Waals surface area contributed by atoms with Crippen LogP contribution in [-0.4, -0.2) is 101 Å². The van der Waals surface area contributed by atoms with Gasteiger partial charge in [-0.3, -0.25) is 14.8 Å². The van der Waals surface area contributed by atoms with Crippen LogP contribution < -0.4 is 15.4 Å². The molecule has 0 radical (unpaired) electrons. The summed E-state index contributed by atoms with van der Waals surface area (Å²) in [6, 6.07) is 2.38. The number of aliphatic hydroxyl groups is 1. The fourth-order valence-corrected chi connectivity index (χ4v) is 9.46. The zero-order chi connectivity index (χ0) is 34.3. The highest BCUT2D eigenvalue weighted by atomic mass is 32.1. The average Bonchev–Trinajstić information content (AvgIpc) is 3.38. The molecule has 2 atom stereocenters. The number of piperazine rings is 1. The topological polar surface area (TPSA) is 137 Å². The third kappa shape index (κ3) is 5.18. The van der Waals surface area contributed by atoms with E-state index < -0.39 is 17.8 Å². The second-order valence-corrected chi connectivity index (χ2v) is 15.6. The number of benzene rings is 1. The van der Waals surface area contributed by atoms with Gasteiger partial charge in [-0.1, -0.05) is 0 Å². The summed E-state index contributed by atoms with van der Waals surface area (Å²) < 4.78 is 58.5. The third-order valence-corrected chi connectivity index (χ3v) is 12.2. The molecule has 2 bridgehead atoms. The largest absolute Gasteiger partial charge is 0.463 e. The van der Waals surface area contributed by atoms with E-state index in [0.717, 1.165) is 75.0 Å². The van der Waals surface area contributed by atoms with E-state index in [0.29, 0.717) is 42.9 Å². The lowest BCUT2D eigenvalue weighted by atomic mass is 9.93. The number of thiophene rings is 1. The molecule has 15 heteroatoms. The van der Waals surface area contributed by atoms with Gasteiger partial charge in [0, 0.05) is 74.3 Å². The first-order valence-corrected chi connectivity index (χ1v) is 18.1. The monoisotopic (exact) mass is 706 g/mol. The van der Waals surface area contributed by atoms with E-state index in [9.17, 15) is 14.8 Å². The molecule has 4 fully saturated rings. The first kappa shape index (κ1) is 32.1. The van der Waals surface area contributed by atoms with E-state index in [-0.39, 0.29) is 80.8 Å². The lowest BCUT2D eigenvalue weighted by molar-refractivity contribution is 0.0370. The summed E-state index contributed by atoms with van der Waals surface area (Å²) in [5.41, 5.74) is 7.64. The van der Waals surface area contributed by atoms with Gasteiger partial charge in [0.25, 0.3) is 0 Å². The lowest BCUT2D eigenvalue weighted by Gasteiger charge is -2.42. The van der Waals surface area contributed by atoms with Crippen LogP contribution in [0.1, 0.15) is 48.8 Å². The van der Waals surface area contributed by atoms with Gasteiger partial charge in [-0.05, 0) is 43.2 Å². The maximum atomic E-state index is 17.4. The van der Waals surface area contributed by atoms with Crippen molar-refractivity contribution in [1.29, 1.82) is 5.26 Å². The standard InChI is InChI=1S/C35H37F3N8O3S/c36-18-10-45(11-18)16-35(4-5-35)17-49-34-42-30-27(33(43-34)46-19-2-3-20(46)13-44(12-19)6-1-7-47)23-15-48-14-22(23)25(28(30)38)29-26-21(8-39)32(40)50-31(26)24(37)9-41-29/h9,18-20,47H,1-7,10-17,40H2. The summed E-state index contributed by atoms with van der Waals surface area (Å²) in [5, 5.41) is 20.3. The van der Waals surface area contributed by atoms with Crippen molar-refractivity contribution in [3.05, 3.63) is 34.5 Å². The number of hydrogen-bond acceptors (Lipinski definition) is 12. The Labute approximate surface area is 290 Å². The number of aromatic nitrogens is 3. The van der Waals surface area contributed by atoms with Crippen molar-refractivity contribution in [3.63, 3.8) is 0 Å². The number of halogens is 3. The minimum absolute atomic E-state index is 0.0539. The second kappa shape index (κ2) is 12.2. The van der Waals surface area contributed by atoms with Crippen LogP contribution in [0.25, 0.3) is 32.2 Å². The highest BCUT2D eigenvalue weighted by Crippen LogP contribution is 2.50. The smallest absolute Gasteiger partial charge is 0.319 e. The van der Waals surface area contributed by atoms with E-state index >= 15 is 8.78 Å². The predicted molar refractivity (Wildman–Crippen MR) is 182 cm³/mol. The zero-order valence-electron chi connectivity index (χ0n) is 27.4. The van der Waals surface area contributed by atoms with Crippen molar-refractivity contribution < 1.29 is 27.8 Å². The number of pyridine rings is 1. The highest BCUT2D eigenvalue weighted by Gasteiger charge is 2.47. The van der Waals surface area contributed by atoms with Crippen LogP contribution in [-0.2, 0) is 18.0 Å². The molecule has 1 aliphatic carbocycles. The van der Waals surface area contributed by atoms with Gasteiger partial charge in [0.05, 0.1) is 47.4 Å². The minimum Gasteiger partial charge on any atom is -0.463 e. The average molecular weight is 707 g/mol. The molecule has 3 saturated heterocycles. The number of nitrogens with zero attached hydrogens (tertiary/aromatic N) is 7. The molecular weight excluding hydrogens is 669 g/mol. The number of nitrogen functional groups attached to an aromatic ring is 1. The molecule has 7 heterocycles. The van der Waals surface area contributed by atoms with E-state index in [2.05, 4.69) is 25.8 Å². The maximum Gasteiger partial charge on any atom is 0.319 e. The van der Waals surface area contributed by atoms with E-state index in [1.54, 1.807) is 0 Å². The molecule has 2 unspecified atom stereocenters. The summed E-state index contributed by atoms with van der Waals surface area (Å²) in [4.78, 5) is 20.9. The van der Waals surface area contributed by atoms with Gasteiger partial charge in [-0.25, -0.2) is 13.2 Å². The Morgan fingerprint density at radius 3 is 2.54 bits per heavy atom. The Bertz CT molecular complexity index is 2050. The van der Waals surface area contributed by atoms with Crippen LogP contribution in [0, 0.1) is 28.4 Å². The van der Waals surface area contributed by atoms with Gasteiger partial charge < -0.3 is 25.2 Å². The van der Waals surface area contributed by atoms with E-state index in [1.165, 1.54) is 0 Å². The van der Waals surface area contributed by atoms with Crippen molar-refractivity contribution in [1.82, 2.24) is 24.8 Å². The molecule has 1 saturated carbocycles. The number of fused-ring (bicyclic) bond motifs is 6. The summed E-state index contributed by atoms with van der Waals surface area (Å²) in [6.07, 6.45) is 4.74. The third-order valence-electron chi connectivity index (χ3n) is 11.2. The van der Waals surface area contributed by atoms with E-state index in [4.69, 9.17) is 25.2 Å². The molecule has 1 aromatic carbocycles. The number of alkyl halides is 1. The SMILES string of the molecule is N#Cc1c(N)sc2c(F)cnc(-c3c4c(c5c(N6C7CCC6CN(CCCO)C7)nc(OCC6(CN7CC(F)C7)CC6)nc5c3F)COC4)c12. The molecule has 0 spiro atoms. The molecule has 3 N–H and O–H groups in total. The predicted octanol–water partition coefficient (Wildman–Crippen LogP) is 4.52. The molecule has 11 nitrogen and oxygen atoms in total. The van der Waals surface area contributed by atoms with Crippen LogP contribution in [0.5, 0.6) is 6.01 Å². The minimum atomic E-state index is -0.785. The van der Waals surface area contributed by atoms with Crippen LogP contribution in [0.4, 0.5) is 24.0 Å². The lowest BCUT2D eigenvalue weighted by Crippen LogP contribution is -2.54. The number of hydrogen-bond donors (Lipinski definition) is 2. The Hall–Kier alpha value is -3.81. The van der Waals surface area contributed by atoms with Crippen molar-refractivity contribution in [2.24, 2.45) is 5.41 Å². The fourth-order valence-electron chi connectivity index (χ4n) is 8.54. The van der Waals surface area contributed by atoms with Gasteiger partial charge in [0.2, 0.25) is 0 Å². The van der Waals surface area contributed by atoms with Crippen molar-refractivity contribution in [2.45, 2.75) is 63.6 Å². The van der Waals surface area contributed by atoms with Gasteiger partial charge in [0.15, 0.2) is 11.6 Å². The number of nitrogens with two attached hydrogens (primary N) is 1. The van der Waals surface area contributed by atoms with Crippen molar-refractivity contribution >= 4 is 43.1 Å². The number of likely N-dealkylation sites (tertiary alicyclic amines) is 2. The first-order chi connectivity index (χ1) is 24.3. The van der Waals surface area contributed by atoms with Gasteiger partial charge >= 0.3 is 6.01 Å². The number of nitriles is 1. The number of ether oxygens (including phenoxy) is 2. The summed E-state index contributed by atoms with van der Waals surface area (Å²) in [7, 11) is 0. The Balaban J connectivity index is 1.20. The van der Waals surface area contributed by atoms with Crippen molar-refractivity contribution in [2.75, 3.05) is 63.1 Å². The molecule has 5 aliphatic rings. The summed E-state index contributed by atoms with van der Waals surface area (Å²) in [5.74, 6) is -0.704. The van der Waals surface area contributed by atoms with E-state index in [1.807, 2.05) is 0 Å². The van der Waals surface area contributed by atoms with Crippen molar-refractivity contribution in [3.8, 4) is 23.3 Å². The molecule has 50 heavy (non-hydrogen) atoms. The van der Waals surface area contributed by atoms with Crippen LogP contribution in [0.2, 0.25) is 0 Å². The molecule has 4 aromatic rings. The molecule has 9 rings (SSSR count). The zero-order valence-corrected chi connectivity index (χ0v) is 28.2. The number of rotatable bonds is 10. The van der Waals surface area contributed by atoms with Crippen LogP contribution >= 0.6 is 11.3 Å². The van der Waals surface area contributed by atoms with Gasteiger partial charge in [0.1, 0.15) is 28.6 Å². The van der Waals surface area contributed by atoms with Gasteiger partial charge in [-0.2, -0.15) is 15.2 Å². The Morgan fingerprint density at radius 2 is 1.84 bits per heavy atom. The maximum absolute atomic E-state index is 17.4. The summed E-state index contributed by atoms with van der Waals surface area (Å²) >= 11 is 0.934. The molecule has 0 amide bonds.